The molecule has 8 heteroatoms. The fraction of sp³-hybridized carbons (Fsp3) is 0.500. The van der Waals surface area contributed by atoms with E-state index < -0.39 is 0 Å². The molecule has 0 saturated carbocycles. The van der Waals surface area contributed by atoms with E-state index in [1.165, 1.54) is 0 Å². The van der Waals surface area contributed by atoms with Crippen LogP contribution in [-0.4, -0.2) is 45.7 Å². The van der Waals surface area contributed by atoms with Crippen LogP contribution < -0.4 is 25.4 Å². The number of nitrogens with one attached hydrogen (secondary N) is 3. The average Bonchev–Trinajstić information content (AvgIpc) is 2.60. The average molecular weight is 358 g/mol. The summed E-state index contributed by atoms with van der Waals surface area (Å²) in [6.07, 6.45) is 1.61. The number of amides is 2. The third-order valence-corrected chi connectivity index (χ3v) is 3.77. The molecule has 0 radical (unpaired) electrons. The molecule has 1 aliphatic heterocycles. The zero-order valence-corrected chi connectivity index (χ0v) is 14.7. The first-order valence-corrected chi connectivity index (χ1v) is 7.63. The second kappa shape index (κ2) is 10.00. The Bertz CT molecular complexity index is 540. The molecule has 0 unspecified atom stereocenters. The van der Waals surface area contributed by atoms with Crippen molar-refractivity contribution in [2.24, 2.45) is 5.92 Å². The largest absolute Gasteiger partial charge is 0.497 e. The van der Waals surface area contributed by atoms with Gasteiger partial charge < -0.3 is 25.4 Å². The summed E-state index contributed by atoms with van der Waals surface area (Å²) in [6.45, 7) is 1.63. The van der Waals surface area contributed by atoms with Gasteiger partial charge in [-0.05, 0) is 25.9 Å². The summed E-state index contributed by atoms with van der Waals surface area (Å²) in [5.41, 5.74) is 0.558. The molecule has 1 aromatic rings. The van der Waals surface area contributed by atoms with E-state index in [1.54, 1.807) is 32.4 Å². The fourth-order valence-electron chi connectivity index (χ4n) is 2.48. The number of carbonyl (C=O) groups is 2. The van der Waals surface area contributed by atoms with E-state index in [0.29, 0.717) is 17.2 Å². The molecule has 1 heterocycles. The predicted molar refractivity (Wildman–Crippen MR) is 94.0 cm³/mol. The molecule has 24 heavy (non-hydrogen) atoms. The summed E-state index contributed by atoms with van der Waals surface area (Å²) in [5.74, 6) is 0.796. The van der Waals surface area contributed by atoms with Crippen LogP contribution in [0.25, 0.3) is 0 Å². The summed E-state index contributed by atoms with van der Waals surface area (Å²) in [5, 5.41) is 8.62. The lowest BCUT2D eigenvalue weighted by Gasteiger charge is -2.21. The Balaban J connectivity index is 0.00000288. The number of benzene rings is 1. The molecule has 1 aromatic carbocycles. The van der Waals surface area contributed by atoms with Crippen LogP contribution >= 0.6 is 12.4 Å². The first kappa shape index (κ1) is 20.1. The van der Waals surface area contributed by atoms with E-state index in [0.717, 1.165) is 25.9 Å². The van der Waals surface area contributed by atoms with Crippen molar-refractivity contribution in [2.75, 3.05) is 39.2 Å². The molecular weight excluding hydrogens is 334 g/mol. The van der Waals surface area contributed by atoms with Crippen molar-refractivity contribution in [1.29, 1.82) is 0 Å². The Hall–Kier alpha value is -1.99. The topological polar surface area (TPSA) is 88.7 Å². The minimum Gasteiger partial charge on any atom is -0.497 e. The van der Waals surface area contributed by atoms with Crippen molar-refractivity contribution in [1.82, 2.24) is 10.6 Å². The third kappa shape index (κ3) is 5.90. The van der Waals surface area contributed by atoms with Gasteiger partial charge >= 0.3 is 0 Å². The first-order chi connectivity index (χ1) is 11.1. The van der Waals surface area contributed by atoms with Gasteiger partial charge in [0.15, 0.2) is 0 Å². The van der Waals surface area contributed by atoms with Gasteiger partial charge in [0.2, 0.25) is 11.8 Å². The molecule has 134 valence electrons. The standard InChI is InChI=1S/C16H23N3O4.ClH/c1-22-13-7-12(8-14(9-13)23-2)19-15(20)10-18-16(21)11-3-5-17-6-4-11;/h7-9,11,17H,3-6,10H2,1-2H3,(H,18,21)(H,19,20);1H. The maximum Gasteiger partial charge on any atom is 0.243 e. The summed E-state index contributed by atoms with van der Waals surface area (Å²) < 4.78 is 10.3. The summed E-state index contributed by atoms with van der Waals surface area (Å²) in [4.78, 5) is 24.0. The summed E-state index contributed by atoms with van der Waals surface area (Å²) in [6, 6.07) is 5.10. The van der Waals surface area contributed by atoms with Gasteiger partial charge in [-0.2, -0.15) is 0 Å². The van der Waals surface area contributed by atoms with Crippen molar-refractivity contribution >= 4 is 29.9 Å². The second-order valence-corrected chi connectivity index (χ2v) is 5.39. The maximum absolute atomic E-state index is 12.0. The SMILES string of the molecule is COc1cc(NC(=O)CNC(=O)C2CCNCC2)cc(OC)c1.Cl. The quantitative estimate of drug-likeness (QED) is 0.711. The highest BCUT2D eigenvalue weighted by Gasteiger charge is 2.21. The third-order valence-electron chi connectivity index (χ3n) is 3.77. The molecule has 2 rings (SSSR count). The van der Waals surface area contributed by atoms with Crippen molar-refractivity contribution in [3.8, 4) is 11.5 Å². The van der Waals surface area contributed by atoms with Crippen molar-refractivity contribution in [2.45, 2.75) is 12.8 Å². The normalized spacial score (nSPS) is 14.2. The van der Waals surface area contributed by atoms with Gasteiger partial charge in [0.25, 0.3) is 0 Å². The van der Waals surface area contributed by atoms with Gasteiger partial charge in [0, 0.05) is 29.8 Å². The summed E-state index contributed by atoms with van der Waals surface area (Å²) >= 11 is 0. The minimum atomic E-state index is -0.289. The Morgan fingerprint density at radius 3 is 2.25 bits per heavy atom. The van der Waals surface area contributed by atoms with Crippen LogP contribution in [0.5, 0.6) is 11.5 Å². The predicted octanol–water partition coefficient (Wildman–Crippen LogP) is 1.18. The molecule has 3 N–H and O–H groups in total. The number of anilines is 1. The second-order valence-electron chi connectivity index (χ2n) is 5.39. The Morgan fingerprint density at radius 1 is 1.12 bits per heavy atom. The van der Waals surface area contributed by atoms with Crippen LogP contribution in [0, 0.1) is 5.92 Å². The lowest BCUT2D eigenvalue weighted by Crippen LogP contribution is -2.41. The van der Waals surface area contributed by atoms with Crippen LogP contribution in [0.1, 0.15) is 12.8 Å². The molecule has 1 fully saturated rings. The molecule has 2 amide bonds. The van der Waals surface area contributed by atoms with Gasteiger partial charge in [-0.15, -0.1) is 12.4 Å². The number of rotatable bonds is 6. The fourth-order valence-corrected chi connectivity index (χ4v) is 2.48. The highest BCUT2D eigenvalue weighted by atomic mass is 35.5. The number of hydrogen-bond donors (Lipinski definition) is 3. The molecule has 1 saturated heterocycles. The van der Waals surface area contributed by atoms with E-state index in [2.05, 4.69) is 16.0 Å². The van der Waals surface area contributed by atoms with Crippen LogP contribution in [0.15, 0.2) is 18.2 Å². The Morgan fingerprint density at radius 2 is 1.71 bits per heavy atom. The lowest BCUT2D eigenvalue weighted by molar-refractivity contribution is -0.127. The first-order valence-electron chi connectivity index (χ1n) is 7.63. The van der Waals surface area contributed by atoms with Crippen LogP contribution in [0.3, 0.4) is 0 Å². The highest BCUT2D eigenvalue weighted by Crippen LogP contribution is 2.25. The molecule has 7 nitrogen and oxygen atoms in total. The lowest BCUT2D eigenvalue weighted by atomic mass is 9.97. The van der Waals surface area contributed by atoms with Gasteiger partial charge in [-0.25, -0.2) is 0 Å². The Labute approximate surface area is 147 Å². The molecule has 1 aliphatic rings. The molecule has 0 aliphatic carbocycles. The van der Waals surface area contributed by atoms with Gasteiger partial charge in [0.1, 0.15) is 11.5 Å². The monoisotopic (exact) mass is 357 g/mol. The summed E-state index contributed by atoms with van der Waals surface area (Å²) in [7, 11) is 3.08. The van der Waals surface area contributed by atoms with Gasteiger partial charge in [-0.1, -0.05) is 0 Å². The van der Waals surface area contributed by atoms with Crippen LogP contribution in [0.4, 0.5) is 5.69 Å². The van der Waals surface area contributed by atoms with E-state index in [9.17, 15) is 9.59 Å². The van der Waals surface area contributed by atoms with E-state index in [4.69, 9.17) is 9.47 Å². The number of methoxy groups -OCH3 is 2. The molecular formula is C16H24ClN3O4. The van der Waals surface area contributed by atoms with E-state index in [-0.39, 0.29) is 36.7 Å². The zero-order valence-electron chi connectivity index (χ0n) is 13.9. The highest BCUT2D eigenvalue weighted by molar-refractivity contribution is 5.95. The minimum absolute atomic E-state index is 0. The van der Waals surface area contributed by atoms with Crippen molar-refractivity contribution in [3.63, 3.8) is 0 Å². The van der Waals surface area contributed by atoms with Crippen molar-refractivity contribution in [3.05, 3.63) is 18.2 Å². The van der Waals surface area contributed by atoms with Gasteiger partial charge in [0.05, 0.1) is 20.8 Å². The number of carbonyl (C=O) groups excluding carboxylic acids is 2. The van der Waals surface area contributed by atoms with Crippen molar-refractivity contribution < 1.29 is 19.1 Å². The Kier molecular flexibility index (Phi) is 8.35. The molecule has 0 spiro atoms. The number of ether oxygens (including phenoxy) is 2. The molecule has 0 atom stereocenters. The molecule has 0 bridgehead atoms. The van der Waals surface area contributed by atoms with Gasteiger partial charge in [-0.3, -0.25) is 9.59 Å². The zero-order chi connectivity index (χ0) is 16.7. The van der Waals surface area contributed by atoms with E-state index >= 15 is 0 Å². The van der Waals surface area contributed by atoms with E-state index in [1.807, 2.05) is 0 Å². The number of hydrogen-bond acceptors (Lipinski definition) is 5. The maximum atomic E-state index is 12.0. The molecule has 0 aromatic heterocycles. The van der Waals surface area contributed by atoms with Crippen LogP contribution in [-0.2, 0) is 9.59 Å². The smallest absolute Gasteiger partial charge is 0.243 e. The number of piperidine rings is 1. The number of halogens is 1. The van der Waals surface area contributed by atoms with Crippen LogP contribution in [0.2, 0.25) is 0 Å².